The molecule has 1 heterocycles. The van der Waals surface area contributed by atoms with E-state index in [1.807, 2.05) is 38.1 Å². The molecule has 7 nitrogen and oxygen atoms in total. The maximum Gasteiger partial charge on any atom is 0.352 e. The largest absolute Gasteiger partial charge is 0.352 e. The number of aryl methyl sites for hydroxylation is 1. The summed E-state index contributed by atoms with van der Waals surface area (Å²) in [5, 5.41) is 7.10. The van der Waals surface area contributed by atoms with E-state index in [0.717, 1.165) is 20.4 Å². The summed E-state index contributed by atoms with van der Waals surface area (Å²) in [5.41, 5.74) is 0.465. The van der Waals surface area contributed by atoms with Crippen LogP contribution < -0.4 is 16.6 Å². The number of hydrogen-bond donors (Lipinski definition) is 1. The quantitative estimate of drug-likeness (QED) is 0.674. The maximum absolute atomic E-state index is 13.1. The van der Waals surface area contributed by atoms with Gasteiger partial charge in [0.15, 0.2) is 0 Å². The van der Waals surface area contributed by atoms with Crippen LogP contribution in [0.15, 0.2) is 58.1 Å². The Labute approximate surface area is 172 Å². The van der Waals surface area contributed by atoms with Crippen molar-refractivity contribution in [3.8, 4) is 5.69 Å². The van der Waals surface area contributed by atoms with Crippen LogP contribution in [0.2, 0.25) is 5.02 Å². The summed E-state index contributed by atoms with van der Waals surface area (Å²) in [6, 6.07) is 14.0. The highest BCUT2D eigenvalue weighted by Gasteiger charge is 2.20. The minimum atomic E-state index is -0.734. The topological polar surface area (TPSA) is 86.0 Å². The standard InChI is InChI=1S/C21H21ClN4O3/c1-3-11-23-19(27)18-20(28)25(13-15-9-7-14(2)8-10-15)21(29)26(24-18)17-6-4-5-16(22)12-17/h4-10,12H,3,11,13H2,1-2H3,(H,23,27). The molecule has 2 aromatic carbocycles. The lowest BCUT2D eigenvalue weighted by Gasteiger charge is -2.12. The third-order valence-electron chi connectivity index (χ3n) is 4.32. The van der Waals surface area contributed by atoms with E-state index >= 15 is 0 Å². The first-order valence-electron chi connectivity index (χ1n) is 9.24. The van der Waals surface area contributed by atoms with Crippen LogP contribution in [0.25, 0.3) is 5.69 Å². The van der Waals surface area contributed by atoms with Gasteiger partial charge in [-0.05, 0) is 37.1 Å². The lowest BCUT2D eigenvalue weighted by Crippen LogP contribution is -2.46. The van der Waals surface area contributed by atoms with E-state index in [2.05, 4.69) is 10.4 Å². The Bertz CT molecular complexity index is 1150. The van der Waals surface area contributed by atoms with E-state index in [0.29, 0.717) is 23.7 Å². The molecule has 0 atom stereocenters. The minimum absolute atomic E-state index is 0.0229. The van der Waals surface area contributed by atoms with Crippen molar-refractivity contribution < 1.29 is 4.79 Å². The number of hydrogen-bond acceptors (Lipinski definition) is 4. The predicted molar refractivity (Wildman–Crippen MR) is 112 cm³/mol. The Morgan fingerprint density at radius 1 is 1.14 bits per heavy atom. The molecule has 0 fully saturated rings. The number of nitrogens with zero attached hydrogens (tertiary/aromatic N) is 3. The molecule has 8 heteroatoms. The number of rotatable bonds is 6. The van der Waals surface area contributed by atoms with Crippen molar-refractivity contribution in [2.75, 3.05) is 6.54 Å². The Morgan fingerprint density at radius 3 is 2.52 bits per heavy atom. The fraction of sp³-hybridized carbons (Fsp3) is 0.238. The van der Waals surface area contributed by atoms with Crippen molar-refractivity contribution in [1.82, 2.24) is 19.7 Å². The number of carbonyl (C=O) groups is 1. The van der Waals surface area contributed by atoms with Gasteiger partial charge in [0.1, 0.15) is 0 Å². The molecule has 1 N–H and O–H groups in total. The first kappa shape index (κ1) is 20.5. The highest BCUT2D eigenvalue weighted by Crippen LogP contribution is 2.12. The second kappa shape index (κ2) is 8.87. The average Bonchev–Trinajstić information content (AvgIpc) is 2.71. The monoisotopic (exact) mass is 412 g/mol. The molecule has 0 saturated carbocycles. The fourth-order valence-corrected chi connectivity index (χ4v) is 2.96. The van der Waals surface area contributed by atoms with Gasteiger partial charge in [-0.15, -0.1) is 0 Å². The number of nitrogens with one attached hydrogen (secondary N) is 1. The van der Waals surface area contributed by atoms with Gasteiger partial charge in [0.05, 0.1) is 12.2 Å². The second-order valence-electron chi connectivity index (χ2n) is 6.66. The summed E-state index contributed by atoms with van der Waals surface area (Å²) >= 11 is 6.04. The van der Waals surface area contributed by atoms with Gasteiger partial charge in [0.25, 0.3) is 11.5 Å². The Morgan fingerprint density at radius 2 is 1.86 bits per heavy atom. The smallest absolute Gasteiger partial charge is 0.350 e. The molecule has 1 aromatic heterocycles. The molecule has 0 aliphatic carbocycles. The highest BCUT2D eigenvalue weighted by molar-refractivity contribution is 6.30. The number of amides is 1. The van der Waals surface area contributed by atoms with Crippen LogP contribution in [0.5, 0.6) is 0 Å². The molecule has 0 unspecified atom stereocenters. The first-order valence-corrected chi connectivity index (χ1v) is 9.62. The number of benzene rings is 2. The lowest BCUT2D eigenvalue weighted by molar-refractivity contribution is 0.0944. The normalized spacial score (nSPS) is 10.7. The molecular formula is C21H21ClN4O3. The van der Waals surface area contributed by atoms with Gasteiger partial charge in [-0.1, -0.05) is 54.4 Å². The Balaban J connectivity index is 2.18. The molecule has 150 valence electrons. The van der Waals surface area contributed by atoms with Crippen molar-refractivity contribution in [3.05, 3.63) is 91.2 Å². The van der Waals surface area contributed by atoms with E-state index in [1.54, 1.807) is 24.3 Å². The minimum Gasteiger partial charge on any atom is -0.350 e. The number of halogens is 1. The predicted octanol–water partition coefficient (Wildman–Crippen LogP) is 2.54. The number of carbonyl (C=O) groups excluding carboxylic acids is 1. The summed E-state index contributed by atoms with van der Waals surface area (Å²) in [4.78, 5) is 38.5. The zero-order valence-electron chi connectivity index (χ0n) is 16.2. The molecule has 0 saturated heterocycles. The summed E-state index contributed by atoms with van der Waals surface area (Å²) < 4.78 is 2.04. The molecule has 0 aliphatic heterocycles. The molecule has 0 aliphatic rings. The van der Waals surface area contributed by atoms with Gasteiger partial charge < -0.3 is 5.32 Å². The summed E-state index contributed by atoms with van der Waals surface area (Å²) in [6.45, 7) is 4.27. The van der Waals surface area contributed by atoms with Gasteiger partial charge in [-0.2, -0.15) is 9.78 Å². The van der Waals surface area contributed by atoms with Crippen molar-refractivity contribution in [2.24, 2.45) is 0 Å². The summed E-state index contributed by atoms with van der Waals surface area (Å²) in [6.07, 6.45) is 0.706. The van der Waals surface area contributed by atoms with Crippen LogP contribution in [0.4, 0.5) is 0 Å². The van der Waals surface area contributed by atoms with Crippen LogP contribution in [-0.4, -0.2) is 26.8 Å². The third-order valence-corrected chi connectivity index (χ3v) is 4.56. The van der Waals surface area contributed by atoms with Gasteiger partial charge in [0.2, 0.25) is 5.69 Å². The highest BCUT2D eigenvalue weighted by atomic mass is 35.5. The molecule has 29 heavy (non-hydrogen) atoms. The van der Waals surface area contributed by atoms with E-state index in [9.17, 15) is 14.4 Å². The number of aromatic nitrogens is 3. The van der Waals surface area contributed by atoms with Crippen molar-refractivity contribution in [2.45, 2.75) is 26.8 Å². The maximum atomic E-state index is 13.1. The average molecular weight is 413 g/mol. The van der Waals surface area contributed by atoms with Crippen LogP contribution in [-0.2, 0) is 6.54 Å². The molecular weight excluding hydrogens is 392 g/mol. The van der Waals surface area contributed by atoms with Crippen molar-refractivity contribution in [1.29, 1.82) is 0 Å². The van der Waals surface area contributed by atoms with Crippen LogP contribution in [0.3, 0.4) is 0 Å². The summed E-state index contributed by atoms with van der Waals surface area (Å²) in [5.74, 6) is -0.620. The molecule has 0 radical (unpaired) electrons. The Hall–Kier alpha value is -3.19. The van der Waals surface area contributed by atoms with Crippen LogP contribution in [0.1, 0.15) is 35.0 Å². The van der Waals surface area contributed by atoms with E-state index < -0.39 is 17.2 Å². The lowest BCUT2D eigenvalue weighted by atomic mass is 10.1. The Kier molecular flexibility index (Phi) is 6.29. The molecule has 1 amide bonds. The molecule has 0 bridgehead atoms. The zero-order valence-corrected chi connectivity index (χ0v) is 16.9. The van der Waals surface area contributed by atoms with Crippen molar-refractivity contribution in [3.63, 3.8) is 0 Å². The molecule has 3 rings (SSSR count). The van der Waals surface area contributed by atoms with Crippen LogP contribution >= 0.6 is 11.6 Å². The zero-order chi connectivity index (χ0) is 21.0. The summed E-state index contributed by atoms with van der Waals surface area (Å²) in [7, 11) is 0. The third kappa shape index (κ3) is 4.63. The van der Waals surface area contributed by atoms with E-state index in [1.165, 1.54) is 0 Å². The molecule has 3 aromatic rings. The van der Waals surface area contributed by atoms with Crippen molar-refractivity contribution >= 4 is 17.5 Å². The van der Waals surface area contributed by atoms with Gasteiger partial charge in [-0.3, -0.25) is 14.2 Å². The fourth-order valence-electron chi connectivity index (χ4n) is 2.77. The van der Waals surface area contributed by atoms with E-state index in [-0.39, 0.29) is 12.2 Å². The second-order valence-corrected chi connectivity index (χ2v) is 7.09. The first-order chi connectivity index (χ1) is 13.9. The van der Waals surface area contributed by atoms with Gasteiger partial charge >= 0.3 is 5.69 Å². The van der Waals surface area contributed by atoms with E-state index in [4.69, 9.17) is 11.6 Å². The van der Waals surface area contributed by atoms with Gasteiger partial charge in [0, 0.05) is 11.6 Å². The SMILES string of the molecule is CCCNC(=O)c1nn(-c2cccc(Cl)c2)c(=O)n(Cc2ccc(C)cc2)c1=O. The van der Waals surface area contributed by atoms with Gasteiger partial charge in [-0.25, -0.2) is 4.79 Å². The van der Waals surface area contributed by atoms with Crippen LogP contribution in [0, 0.1) is 6.92 Å². The molecule has 0 spiro atoms.